The number of aryl methyl sites for hydroxylation is 1. The summed E-state index contributed by atoms with van der Waals surface area (Å²) in [6.45, 7) is 1.48. The van der Waals surface area contributed by atoms with Crippen LogP contribution in [0.15, 0.2) is 34.2 Å². The normalized spacial score (nSPS) is 10.3. The highest BCUT2D eigenvalue weighted by atomic mass is 32.2. The van der Waals surface area contributed by atoms with Gasteiger partial charge in [0.15, 0.2) is 5.03 Å². The van der Waals surface area contributed by atoms with Gasteiger partial charge < -0.3 is 0 Å². The lowest BCUT2D eigenvalue weighted by atomic mass is 10.3. The van der Waals surface area contributed by atoms with Gasteiger partial charge in [-0.2, -0.15) is 4.98 Å². The molecule has 0 aliphatic rings. The molecule has 0 bridgehead atoms. The van der Waals surface area contributed by atoms with E-state index in [1.54, 1.807) is 6.07 Å². The zero-order valence-electron chi connectivity index (χ0n) is 10.3. The maximum Gasteiger partial charge on any atom is 0.322 e. The van der Waals surface area contributed by atoms with E-state index in [9.17, 15) is 14.5 Å². The van der Waals surface area contributed by atoms with E-state index in [1.165, 1.54) is 25.1 Å². The quantitative estimate of drug-likeness (QED) is 0.385. The van der Waals surface area contributed by atoms with E-state index in [2.05, 4.69) is 15.4 Å². The molecule has 0 fully saturated rings. The van der Waals surface area contributed by atoms with E-state index in [-0.39, 0.29) is 22.4 Å². The molecule has 0 amide bonds. The van der Waals surface area contributed by atoms with E-state index in [1.807, 2.05) is 0 Å². The Kier molecular flexibility index (Phi) is 4.11. The van der Waals surface area contributed by atoms with Gasteiger partial charge in [-0.1, -0.05) is 17.8 Å². The summed E-state index contributed by atoms with van der Waals surface area (Å²) in [6.07, 6.45) is 0. The molecule has 3 N–H and O–H groups in total. The number of aromatic nitrogens is 2. The van der Waals surface area contributed by atoms with E-state index >= 15 is 0 Å². The van der Waals surface area contributed by atoms with Crippen LogP contribution in [0.2, 0.25) is 0 Å². The van der Waals surface area contributed by atoms with Crippen LogP contribution in [0.5, 0.6) is 0 Å². The zero-order valence-corrected chi connectivity index (χ0v) is 11.1. The predicted molar refractivity (Wildman–Crippen MR) is 71.8 cm³/mol. The van der Waals surface area contributed by atoms with Crippen molar-refractivity contribution in [1.82, 2.24) is 9.97 Å². The number of halogens is 1. The number of nitrogen functional groups attached to an aromatic ring is 1. The molecule has 0 spiro atoms. The summed E-state index contributed by atoms with van der Waals surface area (Å²) in [4.78, 5) is 18.8. The van der Waals surface area contributed by atoms with Crippen molar-refractivity contribution in [3.8, 4) is 0 Å². The lowest BCUT2D eigenvalue weighted by Crippen LogP contribution is -2.12. The van der Waals surface area contributed by atoms with Gasteiger partial charge in [0.05, 0.1) is 4.92 Å². The Morgan fingerprint density at radius 3 is 2.80 bits per heavy atom. The Labute approximate surface area is 117 Å². The zero-order chi connectivity index (χ0) is 14.7. The van der Waals surface area contributed by atoms with Gasteiger partial charge in [0, 0.05) is 4.90 Å². The lowest BCUT2D eigenvalue weighted by molar-refractivity contribution is -0.389. The van der Waals surface area contributed by atoms with Crippen molar-refractivity contribution < 1.29 is 9.31 Å². The molecule has 0 radical (unpaired) electrons. The van der Waals surface area contributed by atoms with E-state index in [0.717, 1.165) is 11.8 Å². The summed E-state index contributed by atoms with van der Waals surface area (Å²) >= 11 is 0.972. The minimum Gasteiger partial charge on any atom is -0.292 e. The third kappa shape index (κ3) is 3.00. The van der Waals surface area contributed by atoms with Crippen molar-refractivity contribution >= 4 is 23.4 Å². The number of hydrogen-bond acceptors (Lipinski definition) is 7. The van der Waals surface area contributed by atoms with Gasteiger partial charge in [-0.05, 0) is 25.1 Å². The van der Waals surface area contributed by atoms with Crippen molar-refractivity contribution in [2.24, 2.45) is 5.84 Å². The topological polar surface area (TPSA) is 107 Å². The van der Waals surface area contributed by atoms with E-state index in [0.29, 0.717) is 4.90 Å². The molecule has 9 heteroatoms. The Morgan fingerprint density at radius 1 is 1.45 bits per heavy atom. The third-order valence-corrected chi connectivity index (χ3v) is 3.32. The molecular weight excluding hydrogens is 285 g/mol. The van der Waals surface area contributed by atoms with Crippen molar-refractivity contribution in [3.05, 3.63) is 45.9 Å². The van der Waals surface area contributed by atoms with Crippen molar-refractivity contribution in [1.29, 1.82) is 0 Å². The number of benzene rings is 1. The lowest BCUT2D eigenvalue weighted by Gasteiger charge is -2.06. The number of nitrogens with zero attached hydrogens (tertiary/aromatic N) is 3. The number of anilines is 1. The smallest absolute Gasteiger partial charge is 0.292 e. The highest BCUT2D eigenvalue weighted by Gasteiger charge is 2.22. The van der Waals surface area contributed by atoms with Crippen LogP contribution >= 0.6 is 11.8 Å². The number of nitro groups is 1. The molecule has 1 heterocycles. The standard InChI is InChI=1S/C11H10FN5O2S/c1-6-9(17(18)19)10(15-11(14-6)16-13)20-8-4-2-3-7(12)5-8/h2-5H,13H2,1H3,(H,14,15,16). The molecular formula is C11H10FN5O2S. The molecule has 2 aromatic rings. The van der Waals surface area contributed by atoms with E-state index in [4.69, 9.17) is 5.84 Å². The summed E-state index contributed by atoms with van der Waals surface area (Å²) in [5.74, 6) is 4.85. The molecule has 0 unspecified atom stereocenters. The van der Waals surface area contributed by atoms with Crippen molar-refractivity contribution in [3.63, 3.8) is 0 Å². The summed E-state index contributed by atoms with van der Waals surface area (Å²) in [5.41, 5.74) is 2.19. The van der Waals surface area contributed by atoms with Gasteiger partial charge in [-0.25, -0.2) is 15.2 Å². The van der Waals surface area contributed by atoms with Crippen molar-refractivity contribution in [2.45, 2.75) is 16.8 Å². The first-order valence-corrected chi connectivity index (χ1v) is 6.26. The van der Waals surface area contributed by atoms with Crippen LogP contribution in [0.4, 0.5) is 16.0 Å². The van der Waals surface area contributed by atoms with Crippen LogP contribution in [0.1, 0.15) is 5.69 Å². The van der Waals surface area contributed by atoms with Crippen LogP contribution in [0.3, 0.4) is 0 Å². The Hall–Kier alpha value is -2.26. The SMILES string of the molecule is Cc1nc(NN)nc(Sc2cccc(F)c2)c1[N+](=O)[O-]. The first-order valence-electron chi connectivity index (χ1n) is 5.44. The molecule has 0 atom stereocenters. The minimum absolute atomic E-state index is 0.0620. The summed E-state index contributed by atoms with van der Waals surface area (Å²) in [7, 11) is 0. The molecule has 1 aromatic heterocycles. The average molecular weight is 295 g/mol. The van der Waals surface area contributed by atoms with Crippen LogP contribution in [-0.2, 0) is 0 Å². The maximum atomic E-state index is 13.1. The Morgan fingerprint density at radius 2 is 2.20 bits per heavy atom. The van der Waals surface area contributed by atoms with Crippen LogP contribution in [0.25, 0.3) is 0 Å². The fourth-order valence-electron chi connectivity index (χ4n) is 1.53. The molecule has 0 aliphatic carbocycles. The van der Waals surface area contributed by atoms with Gasteiger partial charge in [0.2, 0.25) is 5.95 Å². The van der Waals surface area contributed by atoms with Gasteiger partial charge >= 0.3 is 5.69 Å². The second-order valence-corrected chi connectivity index (χ2v) is 4.81. The summed E-state index contributed by atoms with van der Waals surface area (Å²) in [5, 5.41) is 11.2. The third-order valence-electron chi connectivity index (χ3n) is 2.35. The number of hydrogen-bond donors (Lipinski definition) is 2. The Balaban J connectivity index is 2.48. The van der Waals surface area contributed by atoms with Gasteiger partial charge in [0.25, 0.3) is 0 Å². The molecule has 0 saturated carbocycles. The molecule has 104 valence electrons. The van der Waals surface area contributed by atoms with Gasteiger partial charge in [-0.3, -0.25) is 15.5 Å². The summed E-state index contributed by atoms with van der Waals surface area (Å²) < 4.78 is 13.1. The number of hydrazine groups is 1. The average Bonchev–Trinajstić information content (AvgIpc) is 2.37. The van der Waals surface area contributed by atoms with Gasteiger partial charge in [0.1, 0.15) is 11.5 Å². The maximum absolute atomic E-state index is 13.1. The highest BCUT2D eigenvalue weighted by molar-refractivity contribution is 7.99. The second-order valence-electron chi connectivity index (χ2n) is 3.75. The number of nitrogens with one attached hydrogen (secondary N) is 1. The first-order chi connectivity index (χ1) is 9.51. The summed E-state index contributed by atoms with van der Waals surface area (Å²) in [6, 6.07) is 5.70. The first kappa shape index (κ1) is 14.2. The van der Waals surface area contributed by atoms with Crippen LogP contribution in [0, 0.1) is 22.9 Å². The second kappa shape index (κ2) is 5.80. The predicted octanol–water partition coefficient (Wildman–Crippen LogP) is 2.27. The van der Waals surface area contributed by atoms with Gasteiger partial charge in [-0.15, -0.1) is 0 Å². The van der Waals surface area contributed by atoms with Crippen LogP contribution < -0.4 is 11.3 Å². The fraction of sp³-hybridized carbons (Fsp3) is 0.0909. The fourth-order valence-corrected chi connectivity index (χ4v) is 2.52. The molecule has 0 aliphatic heterocycles. The Bertz CT molecular complexity index is 667. The number of rotatable bonds is 4. The largest absolute Gasteiger partial charge is 0.322 e. The molecule has 0 saturated heterocycles. The highest BCUT2D eigenvalue weighted by Crippen LogP contribution is 2.35. The monoisotopic (exact) mass is 295 g/mol. The van der Waals surface area contributed by atoms with Crippen LogP contribution in [-0.4, -0.2) is 14.9 Å². The van der Waals surface area contributed by atoms with Crippen molar-refractivity contribution in [2.75, 3.05) is 5.43 Å². The molecule has 20 heavy (non-hydrogen) atoms. The number of nitrogens with two attached hydrogens (primary N) is 1. The van der Waals surface area contributed by atoms with E-state index < -0.39 is 10.7 Å². The molecule has 2 rings (SSSR count). The minimum atomic E-state index is -0.572. The molecule has 1 aromatic carbocycles. The molecule has 7 nitrogen and oxygen atoms in total.